The van der Waals surface area contributed by atoms with Crippen LogP contribution in [0.4, 0.5) is 0 Å². The first-order valence-corrected chi connectivity index (χ1v) is 8.27. The van der Waals surface area contributed by atoms with Crippen LogP contribution in [0, 0.1) is 5.92 Å². The molecule has 4 nitrogen and oxygen atoms in total. The lowest BCUT2D eigenvalue weighted by molar-refractivity contribution is -0.125. The highest BCUT2D eigenvalue weighted by Crippen LogP contribution is 2.24. The van der Waals surface area contributed by atoms with Gasteiger partial charge in [-0.3, -0.25) is 9.69 Å². The monoisotopic (exact) mass is 375 g/mol. The molecule has 1 aromatic rings. The van der Waals surface area contributed by atoms with Crippen molar-refractivity contribution in [1.82, 2.24) is 10.2 Å². The quantitative estimate of drug-likeness (QED) is 0.802. The summed E-state index contributed by atoms with van der Waals surface area (Å²) in [5, 5.41) is 3.09. The van der Waals surface area contributed by atoms with Crippen LogP contribution in [0.15, 0.2) is 24.3 Å². The van der Waals surface area contributed by atoms with Crippen molar-refractivity contribution in [2.75, 3.05) is 7.05 Å². The summed E-state index contributed by atoms with van der Waals surface area (Å²) in [6.45, 7) is 5.88. The number of hydrogen-bond donors (Lipinski definition) is 2. The Hall–Kier alpha value is -0.810. The molecule has 0 radical (unpaired) electrons. The van der Waals surface area contributed by atoms with E-state index in [0.717, 1.165) is 25.8 Å². The van der Waals surface area contributed by atoms with E-state index < -0.39 is 0 Å². The Morgan fingerprint density at radius 1 is 1.25 bits per heavy atom. The smallest absolute Gasteiger partial charge is 0.223 e. The van der Waals surface area contributed by atoms with Gasteiger partial charge in [0, 0.05) is 31.1 Å². The second-order valence-corrected chi connectivity index (χ2v) is 6.77. The Morgan fingerprint density at radius 3 is 2.42 bits per heavy atom. The molecule has 2 atom stereocenters. The highest BCUT2D eigenvalue weighted by molar-refractivity contribution is 5.85. The molecule has 1 aromatic carbocycles. The highest BCUT2D eigenvalue weighted by atomic mass is 35.5. The minimum atomic E-state index is 0. The van der Waals surface area contributed by atoms with Crippen molar-refractivity contribution >= 4 is 30.7 Å². The van der Waals surface area contributed by atoms with Crippen molar-refractivity contribution in [2.45, 2.75) is 58.3 Å². The molecule has 1 saturated carbocycles. The Bertz CT molecular complexity index is 511. The van der Waals surface area contributed by atoms with Gasteiger partial charge in [0.1, 0.15) is 0 Å². The van der Waals surface area contributed by atoms with Gasteiger partial charge in [0.15, 0.2) is 0 Å². The van der Waals surface area contributed by atoms with Crippen molar-refractivity contribution in [3.05, 3.63) is 35.4 Å². The first kappa shape index (κ1) is 23.2. The van der Waals surface area contributed by atoms with E-state index in [1.165, 1.54) is 11.1 Å². The predicted octanol–water partition coefficient (Wildman–Crippen LogP) is 3.11. The van der Waals surface area contributed by atoms with E-state index in [-0.39, 0.29) is 42.7 Å². The van der Waals surface area contributed by atoms with Crippen LogP contribution in [-0.4, -0.2) is 29.9 Å². The summed E-state index contributed by atoms with van der Waals surface area (Å²) in [6, 6.07) is 9.04. The molecule has 0 heterocycles. The summed E-state index contributed by atoms with van der Waals surface area (Å²) in [7, 11) is 2.12. The molecule has 3 N–H and O–H groups in total. The zero-order valence-electron chi connectivity index (χ0n) is 14.8. The fourth-order valence-electron chi connectivity index (χ4n) is 2.92. The Balaban J connectivity index is 0.00000264. The van der Waals surface area contributed by atoms with Crippen molar-refractivity contribution < 1.29 is 4.79 Å². The number of nitrogens with zero attached hydrogens (tertiary/aromatic N) is 1. The fourth-order valence-corrected chi connectivity index (χ4v) is 2.92. The molecule has 0 bridgehead atoms. The summed E-state index contributed by atoms with van der Waals surface area (Å²) in [6.07, 6.45) is 2.71. The molecule has 138 valence electrons. The molecule has 0 aromatic heterocycles. The molecule has 6 heteroatoms. The molecule has 0 aliphatic heterocycles. The third-order valence-electron chi connectivity index (χ3n) is 4.72. The normalized spacial score (nSPS) is 19.8. The number of carbonyl (C=O) groups is 1. The van der Waals surface area contributed by atoms with E-state index in [4.69, 9.17) is 5.73 Å². The molecule has 0 spiro atoms. The van der Waals surface area contributed by atoms with Crippen molar-refractivity contribution in [1.29, 1.82) is 0 Å². The lowest BCUT2D eigenvalue weighted by atomic mass is 10.0. The number of benzene rings is 1. The maximum absolute atomic E-state index is 12.2. The molecule has 1 aliphatic carbocycles. The SMILES string of the molecule is CC(C)N(C)Cc1ccccc1CNC(=O)C1CCC(N)C1.Cl.Cl. The van der Waals surface area contributed by atoms with E-state index in [1.54, 1.807) is 0 Å². The number of nitrogens with two attached hydrogens (primary N) is 1. The lowest BCUT2D eigenvalue weighted by Crippen LogP contribution is -2.31. The highest BCUT2D eigenvalue weighted by Gasteiger charge is 2.27. The van der Waals surface area contributed by atoms with Gasteiger partial charge in [-0.15, -0.1) is 24.8 Å². The van der Waals surface area contributed by atoms with Gasteiger partial charge in [0.05, 0.1) is 0 Å². The summed E-state index contributed by atoms with van der Waals surface area (Å²) >= 11 is 0. The largest absolute Gasteiger partial charge is 0.352 e. The number of carbonyl (C=O) groups excluding carboxylic acids is 1. The minimum Gasteiger partial charge on any atom is -0.352 e. The van der Waals surface area contributed by atoms with Crippen LogP contribution in [0.3, 0.4) is 0 Å². The van der Waals surface area contributed by atoms with Gasteiger partial charge >= 0.3 is 0 Å². The molecule has 2 unspecified atom stereocenters. The van der Waals surface area contributed by atoms with Gasteiger partial charge in [-0.25, -0.2) is 0 Å². The standard InChI is InChI=1S/C18H29N3O.2ClH/c1-13(2)21(3)12-16-7-5-4-6-15(16)11-20-18(22)14-8-9-17(19)10-14;;/h4-7,13-14,17H,8-12,19H2,1-3H3,(H,20,22);2*1H. The zero-order valence-corrected chi connectivity index (χ0v) is 16.5. The third kappa shape index (κ3) is 6.60. The van der Waals surface area contributed by atoms with E-state index in [9.17, 15) is 4.79 Å². The molecule has 24 heavy (non-hydrogen) atoms. The Morgan fingerprint density at radius 2 is 1.88 bits per heavy atom. The predicted molar refractivity (Wildman–Crippen MR) is 105 cm³/mol. The van der Waals surface area contributed by atoms with E-state index in [1.807, 2.05) is 6.07 Å². The number of rotatable bonds is 6. The van der Waals surface area contributed by atoms with E-state index in [0.29, 0.717) is 12.6 Å². The number of nitrogens with one attached hydrogen (secondary N) is 1. The summed E-state index contributed by atoms with van der Waals surface area (Å²) in [5.74, 6) is 0.250. The van der Waals surface area contributed by atoms with Gasteiger partial charge in [-0.1, -0.05) is 24.3 Å². The van der Waals surface area contributed by atoms with Gasteiger partial charge < -0.3 is 11.1 Å². The van der Waals surface area contributed by atoms with Crippen LogP contribution in [0.25, 0.3) is 0 Å². The molecule has 1 fully saturated rings. The van der Waals surface area contributed by atoms with Gasteiger partial charge in [-0.05, 0) is 51.3 Å². The lowest BCUT2D eigenvalue weighted by Gasteiger charge is -2.22. The number of amides is 1. The van der Waals surface area contributed by atoms with Crippen molar-refractivity contribution in [3.63, 3.8) is 0 Å². The molecule has 0 saturated heterocycles. The van der Waals surface area contributed by atoms with Crippen LogP contribution in [0.5, 0.6) is 0 Å². The van der Waals surface area contributed by atoms with Gasteiger partial charge in [0.25, 0.3) is 0 Å². The second kappa shape index (κ2) is 10.9. The number of hydrogen-bond acceptors (Lipinski definition) is 3. The number of halogens is 2. The molecular weight excluding hydrogens is 345 g/mol. The second-order valence-electron chi connectivity index (χ2n) is 6.77. The van der Waals surface area contributed by atoms with Crippen LogP contribution in [0.2, 0.25) is 0 Å². The zero-order chi connectivity index (χ0) is 16.1. The molecule has 1 aliphatic rings. The fraction of sp³-hybridized carbons (Fsp3) is 0.611. The van der Waals surface area contributed by atoms with Crippen LogP contribution >= 0.6 is 24.8 Å². The first-order valence-electron chi connectivity index (χ1n) is 8.27. The van der Waals surface area contributed by atoms with Crippen molar-refractivity contribution in [3.8, 4) is 0 Å². The van der Waals surface area contributed by atoms with Crippen LogP contribution in [0.1, 0.15) is 44.2 Å². The average molecular weight is 376 g/mol. The molecule has 1 amide bonds. The summed E-state index contributed by atoms with van der Waals surface area (Å²) in [4.78, 5) is 14.5. The Kier molecular flexibility index (Phi) is 10.6. The van der Waals surface area contributed by atoms with Crippen LogP contribution in [-0.2, 0) is 17.9 Å². The first-order chi connectivity index (χ1) is 10.5. The van der Waals surface area contributed by atoms with E-state index >= 15 is 0 Å². The van der Waals surface area contributed by atoms with Crippen molar-refractivity contribution in [2.24, 2.45) is 11.7 Å². The average Bonchev–Trinajstić information content (AvgIpc) is 2.92. The molecule has 2 rings (SSSR count). The van der Waals surface area contributed by atoms with E-state index in [2.05, 4.69) is 49.3 Å². The van der Waals surface area contributed by atoms with Gasteiger partial charge in [0.2, 0.25) is 5.91 Å². The topological polar surface area (TPSA) is 58.4 Å². The Labute approximate surface area is 158 Å². The summed E-state index contributed by atoms with van der Waals surface area (Å²) < 4.78 is 0. The summed E-state index contributed by atoms with van der Waals surface area (Å²) in [5.41, 5.74) is 8.37. The van der Waals surface area contributed by atoms with Crippen LogP contribution < -0.4 is 11.1 Å². The molecular formula is C18H31Cl2N3O. The minimum absolute atomic E-state index is 0. The van der Waals surface area contributed by atoms with Gasteiger partial charge in [-0.2, -0.15) is 0 Å². The third-order valence-corrected chi connectivity index (χ3v) is 4.72. The maximum atomic E-state index is 12.2. The maximum Gasteiger partial charge on any atom is 0.223 e.